The molecule has 1 saturated heterocycles. The van der Waals surface area contributed by atoms with Gasteiger partial charge in [0.25, 0.3) is 0 Å². The number of unbranched alkanes of at least 4 members (excludes halogenated alkanes) is 1. The van der Waals surface area contributed by atoms with Crippen LogP contribution < -0.4 is 15.4 Å². The van der Waals surface area contributed by atoms with Crippen LogP contribution in [0.4, 0.5) is 4.79 Å². The molecule has 1 aromatic carbocycles. The maximum atomic E-state index is 14.0. The molecule has 1 aliphatic carbocycles. The molecule has 1 saturated carbocycles. The average molecular weight is 593 g/mol. The topological polar surface area (TPSA) is 147 Å². The van der Waals surface area contributed by atoms with Crippen molar-refractivity contribution in [2.24, 2.45) is 5.92 Å². The van der Waals surface area contributed by atoms with E-state index in [4.69, 9.17) is 9.47 Å². The fourth-order valence-electron chi connectivity index (χ4n) is 6.11. The highest BCUT2D eigenvalue weighted by atomic mass is 16.5. The number of cyclic esters (lactones) is 1. The molecule has 3 heterocycles. The predicted molar refractivity (Wildman–Crippen MR) is 158 cm³/mol. The number of nitrogens with zero attached hydrogens (tertiary/aromatic N) is 2. The molecule has 2 aromatic rings. The number of hydrogen-bond acceptors (Lipinski definition) is 7. The fourth-order valence-corrected chi connectivity index (χ4v) is 6.11. The maximum Gasteiger partial charge on any atom is 0.407 e. The normalized spacial score (nSPS) is 27.8. The number of rotatable bonds is 7. The first-order valence-corrected chi connectivity index (χ1v) is 15.2. The zero-order valence-corrected chi connectivity index (χ0v) is 24.5. The lowest BCUT2D eigenvalue weighted by atomic mass is 10.0. The number of benzene rings is 1. The molecular formula is C32H40N4O7. The van der Waals surface area contributed by atoms with Crippen LogP contribution in [0.25, 0.3) is 10.8 Å². The molecule has 2 fully saturated rings. The Labute approximate surface area is 251 Å². The first-order chi connectivity index (χ1) is 20.8. The van der Waals surface area contributed by atoms with Crippen molar-refractivity contribution >= 4 is 34.6 Å². The molecule has 5 rings (SSSR count). The molecule has 2 aliphatic heterocycles. The minimum Gasteiger partial charge on any atom is -0.479 e. The van der Waals surface area contributed by atoms with Gasteiger partial charge in [0.05, 0.1) is 13.2 Å². The van der Waals surface area contributed by atoms with Gasteiger partial charge in [0.1, 0.15) is 23.7 Å². The number of carboxylic acids is 1. The lowest BCUT2D eigenvalue weighted by Crippen LogP contribution is -2.56. The molecule has 4 bridgehead atoms. The Hall–Kier alpha value is -4.15. The van der Waals surface area contributed by atoms with Crippen LogP contribution in [0.1, 0.15) is 63.9 Å². The van der Waals surface area contributed by atoms with E-state index in [-0.39, 0.29) is 26.0 Å². The molecule has 5 atom stereocenters. The maximum absolute atomic E-state index is 14.0. The van der Waals surface area contributed by atoms with E-state index in [1.165, 1.54) is 11.0 Å². The third kappa shape index (κ3) is 6.60. The number of nitrogens with one attached hydrogen (secondary N) is 2. The molecule has 43 heavy (non-hydrogen) atoms. The number of carbonyl (C=O) groups is 4. The molecule has 11 nitrogen and oxygen atoms in total. The largest absolute Gasteiger partial charge is 0.479 e. The van der Waals surface area contributed by atoms with Crippen molar-refractivity contribution in [3.8, 4) is 5.88 Å². The number of fused-ring (bicyclic) bond motifs is 3. The molecule has 3 aliphatic rings. The number of carboxylic acid groups (broad SMARTS) is 1. The van der Waals surface area contributed by atoms with Crippen LogP contribution in [0.15, 0.2) is 43.1 Å². The quantitative estimate of drug-likeness (QED) is 0.412. The van der Waals surface area contributed by atoms with E-state index < -0.39 is 53.5 Å². The lowest BCUT2D eigenvalue weighted by Gasteiger charge is -2.29. The minimum atomic E-state index is -1.45. The number of aryl methyl sites for hydroxylation is 1. The van der Waals surface area contributed by atoms with Gasteiger partial charge in [-0.1, -0.05) is 38.0 Å². The van der Waals surface area contributed by atoms with Gasteiger partial charge < -0.3 is 30.1 Å². The average Bonchev–Trinajstić information content (AvgIpc) is 3.56. The molecule has 0 spiro atoms. The second-order valence-electron chi connectivity index (χ2n) is 11.8. The zero-order chi connectivity index (χ0) is 30.6. The summed E-state index contributed by atoms with van der Waals surface area (Å²) >= 11 is 0. The van der Waals surface area contributed by atoms with Gasteiger partial charge in [0.15, 0.2) is 0 Å². The van der Waals surface area contributed by atoms with Gasteiger partial charge in [-0.25, -0.2) is 14.6 Å². The summed E-state index contributed by atoms with van der Waals surface area (Å²) in [6, 6.07) is 6.17. The van der Waals surface area contributed by atoms with Crippen LogP contribution in [0, 0.1) is 5.92 Å². The number of alkyl carbamates (subject to hydrolysis) is 1. The standard InChI is InChI=1S/C32H40N4O7/c1-3-5-10-25-29(38)36-19-23(17-26(36)27(37)35-32(30(39)40)18-22(32)4-2)43-28-24-16-20(11-12-21(24)13-14-33-28)9-7-6-8-15-42-31(41)34-25/h4,11-14,16,22-23,25-26H,2-3,5-10,15,17-19H2,1H3,(H,34,41)(H,35,37)(H,39,40)/t22-,23-,25+,26+,32?/m1/s1. The van der Waals surface area contributed by atoms with E-state index in [0.717, 1.165) is 42.0 Å². The van der Waals surface area contributed by atoms with Gasteiger partial charge in [-0.3, -0.25) is 9.59 Å². The van der Waals surface area contributed by atoms with E-state index in [1.807, 2.05) is 19.1 Å². The summed E-state index contributed by atoms with van der Waals surface area (Å²) in [6.45, 7) is 5.98. The smallest absolute Gasteiger partial charge is 0.407 e. The number of aromatic nitrogens is 1. The Morgan fingerprint density at radius 1 is 1.26 bits per heavy atom. The van der Waals surface area contributed by atoms with Crippen molar-refractivity contribution in [3.63, 3.8) is 0 Å². The number of ether oxygens (including phenoxy) is 2. The predicted octanol–water partition coefficient (Wildman–Crippen LogP) is 3.74. The van der Waals surface area contributed by atoms with Crippen LogP contribution in [0.5, 0.6) is 5.88 Å². The molecule has 230 valence electrons. The monoisotopic (exact) mass is 592 g/mol. The molecule has 11 heteroatoms. The van der Waals surface area contributed by atoms with Gasteiger partial charge in [-0.2, -0.15) is 0 Å². The van der Waals surface area contributed by atoms with Crippen LogP contribution in [-0.2, 0) is 25.5 Å². The van der Waals surface area contributed by atoms with Crippen molar-refractivity contribution in [2.45, 2.75) is 88.4 Å². The second-order valence-corrected chi connectivity index (χ2v) is 11.8. The molecule has 3 N–H and O–H groups in total. The van der Waals surface area contributed by atoms with E-state index in [1.54, 1.807) is 6.20 Å². The summed E-state index contributed by atoms with van der Waals surface area (Å²) in [6.07, 6.45) is 7.46. The van der Waals surface area contributed by atoms with Gasteiger partial charge >= 0.3 is 12.1 Å². The van der Waals surface area contributed by atoms with Gasteiger partial charge in [0.2, 0.25) is 17.7 Å². The summed E-state index contributed by atoms with van der Waals surface area (Å²) in [7, 11) is 0. The first kappa shape index (κ1) is 30.3. The molecular weight excluding hydrogens is 552 g/mol. The molecule has 3 amide bonds. The van der Waals surface area contributed by atoms with E-state index >= 15 is 0 Å². The highest BCUT2D eigenvalue weighted by molar-refractivity contribution is 5.96. The van der Waals surface area contributed by atoms with E-state index in [2.05, 4.69) is 34.3 Å². The third-order valence-electron chi connectivity index (χ3n) is 8.73. The van der Waals surface area contributed by atoms with Crippen molar-refractivity contribution in [1.29, 1.82) is 0 Å². The molecule has 0 radical (unpaired) electrons. The Bertz CT molecular complexity index is 1400. The van der Waals surface area contributed by atoms with Gasteiger partial charge in [-0.05, 0) is 61.6 Å². The number of amides is 3. The van der Waals surface area contributed by atoms with E-state index in [9.17, 15) is 24.3 Å². The summed E-state index contributed by atoms with van der Waals surface area (Å²) < 4.78 is 11.8. The van der Waals surface area contributed by atoms with Crippen molar-refractivity contribution in [1.82, 2.24) is 20.5 Å². The van der Waals surface area contributed by atoms with Crippen LogP contribution >= 0.6 is 0 Å². The lowest BCUT2D eigenvalue weighted by molar-refractivity contribution is -0.145. The highest BCUT2D eigenvalue weighted by Crippen LogP contribution is 2.45. The molecule has 1 unspecified atom stereocenters. The Morgan fingerprint density at radius 2 is 2.09 bits per heavy atom. The summed E-state index contributed by atoms with van der Waals surface area (Å²) in [5.41, 5.74) is -0.319. The van der Waals surface area contributed by atoms with Gasteiger partial charge in [-0.15, -0.1) is 6.58 Å². The SMILES string of the molecule is C=C[C@@H]1CC1(NC(=O)[C@@H]1C[C@@H]2CN1C(=O)[C@H](CCCC)NC(=O)OCCCCCc1ccc3ccnc(c3c1)O2)C(=O)O. The third-order valence-corrected chi connectivity index (χ3v) is 8.73. The van der Waals surface area contributed by atoms with Gasteiger partial charge in [0, 0.05) is 23.9 Å². The Kier molecular flexibility index (Phi) is 9.17. The van der Waals surface area contributed by atoms with Crippen molar-refractivity contribution < 1.29 is 33.8 Å². The zero-order valence-electron chi connectivity index (χ0n) is 24.5. The van der Waals surface area contributed by atoms with Crippen LogP contribution in [0.2, 0.25) is 0 Å². The number of aliphatic carboxylic acids is 1. The fraction of sp³-hybridized carbons (Fsp3) is 0.531. The summed E-state index contributed by atoms with van der Waals surface area (Å²) in [4.78, 5) is 58.4. The molecule has 1 aromatic heterocycles. The van der Waals surface area contributed by atoms with E-state index in [0.29, 0.717) is 25.1 Å². The van der Waals surface area contributed by atoms with Crippen LogP contribution in [-0.4, -0.2) is 75.7 Å². The summed E-state index contributed by atoms with van der Waals surface area (Å²) in [5.74, 6) is -2.16. The number of carbonyl (C=O) groups excluding carboxylic acids is 3. The number of hydrogen-bond donors (Lipinski definition) is 3. The Balaban J connectivity index is 1.47. The van der Waals surface area contributed by atoms with Crippen molar-refractivity contribution in [2.75, 3.05) is 13.2 Å². The van der Waals surface area contributed by atoms with Crippen LogP contribution in [0.3, 0.4) is 0 Å². The first-order valence-electron chi connectivity index (χ1n) is 15.2. The number of pyridine rings is 1. The Morgan fingerprint density at radius 3 is 2.84 bits per heavy atom. The highest BCUT2D eigenvalue weighted by Gasteiger charge is 2.61. The summed E-state index contributed by atoms with van der Waals surface area (Å²) in [5, 5.41) is 17.1. The second kappa shape index (κ2) is 13.0. The minimum absolute atomic E-state index is 0.0684. The van der Waals surface area contributed by atoms with Crippen molar-refractivity contribution in [3.05, 3.63) is 48.7 Å².